The van der Waals surface area contributed by atoms with Crippen molar-refractivity contribution in [3.8, 4) is 0 Å². The third-order valence-corrected chi connectivity index (χ3v) is 4.93. The molecule has 0 spiro atoms. The van der Waals surface area contributed by atoms with Crippen molar-refractivity contribution in [2.24, 2.45) is 5.92 Å². The summed E-state index contributed by atoms with van der Waals surface area (Å²) in [7, 11) is 0. The van der Waals surface area contributed by atoms with Crippen LogP contribution in [0.2, 0.25) is 0 Å². The van der Waals surface area contributed by atoms with Gasteiger partial charge in [-0.1, -0.05) is 36.4 Å². The standard InChI is InChI=1S/C22H26N4O3/c1-16-7-5-11-19(24-16)25-22(29)18-10-6-12-26(15-18)21(28)14-23-20(27)13-17-8-3-2-4-9-17/h2-5,7-9,11,18H,6,10,12-15H2,1H3,(H,23,27)(H,24,25,29). The lowest BCUT2D eigenvalue weighted by molar-refractivity contribution is -0.135. The Morgan fingerprint density at radius 1 is 1.10 bits per heavy atom. The summed E-state index contributed by atoms with van der Waals surface area (Å²) >= 11 is 0. The maximum absolute atomic E-state index is 12.6. The van der Waals surface area contributed by atoms with Gasteiger partial charge in [-0.05, 0) is 37.5 Å². The molecule has 2 aromatic rings. The molecule has 0 bridgehead atoms. The number of pyridine rings is 1. The van der Waals surface area contributed by atoms with E-state index in [1.807, 2.05) is 49.4 Å². The van der Waals surface area contributed by atoms with E-state index >= 15 is 0 Å². The SMILES string of the molecule is Cc1cccc(NC(=O)C2CCCN(C(=O)CNC(=O)Cc3ccccc3)C2)n1. The second-order valence-corrected chi connectivity index (χ2v) is 7.27. The maximum atomic E-state index is 12.6. The van der Waals surface area contributed by atoms with Crippen molar-refractivity contribution >= 4 is 23.5 Å². The molecule has 1 aliphatic heterocycles. The Bertz CT molecular complexity index is 869. The van der Waals surface area contributed by atoms with E-state index in [-0.39, 0.29) is 36.6 Å². The molecule has 152 valence electrons. The summed E-state index contributed by atoms with van der Waals surface area (Å²) < 4.78 is 0. The number of aromatic nitrogens is 1. The van der Waals surface area contributed by atoms with Crippen molar-refractivity contribution in [3.63, 3.8) is 0 Å². The average molecular weight is 394 g/mol. The van der Waals surface area contributed by atoms with E-state index in [0.717, 1.165) is 24.1 Å². The first-order chi connectivity index (χ1) is 14.0. The fraction of sp³-hybridized carbons (Fsp3) is 0.364. The number of carbonyl (C=O) groups is 3. The highest BCUT2D eigenvalue weighted by atomic mass is 16.2. The van der Waals surface area contributed by atoms with E-state index in [4.69, 9.17) is 0 Å². The summed E-state index contributed by atoms with van der Waals surface area (Å²) in [5.74, 6) is -0.255. The van der Waals surface area contributed by atoms with Crippen LogP contribution in [-0.2, 0) is 20.8 Å². The van der Waals surface area contributed by atoms with Gasteiger partial charge in [0.05, 0.1) is 18.9 Å². The molecule has 0 aliphatic carbocycles. The molecule has 2 heterocycles. The molecule has 7 heteroatoms. The van der Waals surface area contributed by atoms with Gasteiger partial charge in [0.15, 0.2) is 0 Å². The van der Waals surface area contributed by atoms with Crippen LogP contribution in [0.15, 0.2) is 48.5 Å². The van der Waals surface area contributed by atoms with E-state index in [1.165, 1.54) is 0 Å². The normalized spacial score (nSPS) is 16.2. The van der Waals surface area contributed by atoms with Crippen LogP contribution < -0.4 is 10.6 Å². The molecule has 1 unspecified atom stereocenters. The van der Waals surface area contributed by atoms with Crippen molar-refractivity contribution in [1.82, 2.24) is 15.2 Å². The van der Waals surface area contributed by atoms with Gasteiger partial charge in [0.25, 0.3) is 0 Å². The predicted molar refractivity (Wildman–Crippen MR) is 110 cm³/mol. The number of nitrogens with zero attached hydrogens (tertiary/aromatic N) is 2. The number of benzene rings is 1. The van der Waals surface area contributed by atoms with E-state index in [2.05, 4.69) is 15.6 Å². The molecule has 3 amide bonds. The molecular formula is C22H26N4O3. The number of hydrogen-bond donors (Lipinski definition) is 2. The van der Waals surface area contributed by atoms with Crippen LogP contribution in [0.5, 0.6) is 0 Å². The molecule has 2 N–H and O–H groups in total. The van der Waals surface area contributed by atoms with Crippen molar-refractivity contribution in [2.75, 3.05) is 25.0 Å². The van der Waals surface area contributed by atoms with E-state index < -0.39 is 0 Å². The summed E-state index contributed by atoms with van der Waals surface area (Å²) in [5.41, 5.74) is 1.73. The van der Waals surface area contributed by atoms with Gasteiger partial charge < -0.3 is 15.5 Å². The van der Waals surface area contributed by atoms with Gasteiger partial charge >= 0.3 is 0 Å². The van der Waals surface area contributed by atoms with Crippen molar-refractivity contribution in [1.29, 1.82) is 0 Å². The highest BCUT2D eigenvalue weighted by Crippen LogP contribution is 2.18. The Morgan fingerprint density at radius 2 is 1.90 bits per heavy atom. The molecule has 1 aliphatic rings. The quantitative estimate of drug-likeness (QED) is 0.783. The molecule has 1 aromatic carbocycles. The van der Waals surface area contributed by atoms with Crippen molar-refractivity contribution in [3.05, 3.63) is 59.8 Å². The number of rotatable bonds is 6. The molecule has 3 rings (SSSR count). The molecule has 0 radical (unpaired) electrons. The molecule has 7 nitrogen and oxygen atoms in total. The van der Waals surface area contributed by atoms with Gasteiger partial charge in [0.2, 0.25) is 17.7 Å². The van der Waals surface area contributed by atoms with E-state index in [1.54, 1.807) is 11.0 Å². The number of amides is 3. The summed E-state index contributed by atoms with van der Waals surface area (Å²) in [6, 6.07) is 14.8. The van der Waals surface area contributed by atoms with Gasteiger partial charge in [0.1, 0.15) is 5.82 Å². The number of nitrogens with one attached hydrogen (secondary N) is 2. The van der Waals surface area contributed by atoms with Crippen LogP contribution >= 0.6 is 0 Å². The minimum absolute atomic E-state index is 0.0561. The third-order valence-electron chi connectivity index (χ3n) is 4.93. The fourth-order valence-electron chi connectivity index (χ4n) is 3.39. The predicted octanol–water partition coefficient (Wildman–Crippen LogP) is 1.93. The molecule has 1 aromatic heterocycles. The lowest BCUT2D eigenvalue weighted by Gasteiger charge is -2.32. The van der Waals surface area contributed by atoms with Crippen LogP contribution in [-0.4, -0.2) is 47.2 Å². The van der Waals surface area contributed by atoms with Crippen LogP contribution in [0.25, 0.3) is 0 Å². The van der Waals surface area contributed by atoms with Gasteiger partial charge in [0, 0.05) is 18.8 Å². The highest BCUT2D eigenvalue weighted by Gasteiger charge is 2.28. The summed E-state index contributed by atoms with van der Waals surface area (Å²) in [4.78, 5) is 43.0. The van der Waals surface area contributed by atoms with E-state index in [0.29, 0.717) is 18.9 Å². The highest BCUT2D eigenvalue weighted by molar-refractivity contribution is 5.92. The van der Waals surface area contributed by atoms with Crippen LogP contribution in [0, 0.1) is 12.8 Å². The number of piperidine rings is 1. The number of hydrogen-bond acceptors (Lipinski definition) is 4. The molecule has 0 saturated carbocycles. The van der Waals surface area contributed by atoms with Crippen molar-refractivity contribution in [2.45, 2.75) is 26.2 Å². The van der Waals surface area contributed by atoms with Crippen LogP contribution in [0.4, 0.5) is 5.82 Å². The second-order valence-electron chi connectivity index (χ2n) is 7.27. The number of anilines is 1. The molecule has 1 fully saturated rings. The lowest BCUT2D eigenvalue weighted by Crippen LogP contribution is -2.47. The largest absolute Gasteiger partial charge is 0.347 e. The Hall–Kier alpha value is -3.22. The minimum Gasteiger partial charge on any atom is -0.347 e. The van der Waals surface area contributed by atoms with Gasteiger partial charge in [-0.3, -0.25) is 14.4 Å². The third kappa shape index (κ3) is 6.14. The Balaban J connectivity index is 1.47. The van der Waals surface area contributed by atoms with Crippen molar-refractivity contribution < 1.29 is 14.4 Å². The number of aryl methyl sites for hydroxylation is 1. The summed E-state index contributed by atoms with van der Waals surface area (Å²) in [6.45, 7) is 2.76. The number of likely N-dealkylation sites (tertiary alicyclic amines) is 1. The molecule has 29 heavy (non-hydrogen) atoms. The first-order valence-corrected chi connectivity index (χ1v) is 9.84. The Labute approximate surface area is 170 Å². The zero-order chi connectivity index (χ0) is 20.6. The Morgan fingerprint density at radius 3 is 2.66 bits per heavy atom. The van der Waals surface area contributed by atoms with Crippen LogP contribution in [0.1, 0.15) is 24.1 Å². The second kappa shape index (κ2) is 9.82. The average Bonchev–Trinajstić information content (AvgIpc) is 2.73. The monoisotopic (exact) mass is 394 g/mol. The molecular weight excluding hydrogens is 368 g/mol. The number of carbonyl (C=O) groups excluding carboxylic acids is 3. The first kappa shape index (κ1) is 20.5. The zero-order valence-electron chi connectivity index (χ0n) is 16.6. The van der Waals surface area contributed by atoms with Gasteiger partial charge in [-0.25, -0.2) is 4.98 Å². The topological polar surface area (TPSA) is 91.4 Å². The van der Waals surface area contributed by atoms with E-state index in [9.17, 15) is 14.4 Å². The fourth-order valence-corrected chi connectivity index (χ4v) is 3.39. The van der Waals surface area contributed by atoms with Crippen LogP contribution in [0.3, 0.4) is 0 Å². The van der Waals surface area contributed by atoms with Gasteiger partial charge in [-0.15, -0.1) is 0 Å². The molecule has 1 atom stereocenters. The maximum Gasteiger partial charge on any atom is 0.241 e. The van der Waals surface area contributed by atoms with Gasteiger partial charge in [-0.2, -0.15) is 0 Å². The molecule has 1 saturated heterocycles. The summed E-state index contributed by atoms with van der Waals surface area (Å²) in [5, 5.41) is 5.51. The first-order valence-electron chi connectivity index (χ1n) is 9.84. The smallest absolute Gasteiger partial charge is 0.241 e. The zero-order valence-corrected chi connectivity index (χ0v) is 16.6. The summed E-state index contributed by atoms with van der Waals surface area (Å²) in [6.07, 6.45) is 1.72. The minimum atomic E-state index is -0.282. The lowest BCUT2D eigenvalue weighted by atomic mass is 9.97. The Kier molecular flexibility index (Phi) is 6.94.